The van der Waals surface area contributed by atoms with E-state index in [0.29, 0.717) is 29.4 Å². The number of nitrogens with one attached hydrogen (secondary N) is 4. The molecule has 0 aliphatic rings. The molecule has 0 saturated heterocycles. The number of amidine groups is 1. The molecule has 13 heteroatoms. The van der Waals surface area contributed by atoms with E-state index in [2.05, 4.69) is 20.9 Å². The number of hydrazine groups is 1. The van der Waals surface area contributed by atoms with Gasteiger partial charge < -0.3 is 25.3 Å². The van der Waals surface area contributed by atoms with Crippen LogP contribution in [0.4, 0.5) is 24.5 Å². The first-order chi connectivity index (χ1) is 19.8. The van der Waals surface area contributed by atoms with Crippen LogP contribution < -0.4 is 36.1 Å². The average Bonchev–Trinajstić information content (AvgIpc) is 2.91. The van der Waals surface area contributed by atoms with Crippen LogP contribution in [0.15, 0.2) is 60.7 Å². The fourth-order valence-electron chi connectivity index (χ4n) is 3.78. The van der Waals surface area contributed by atoms with Crippen LogP contribution in [0.3, 0.4) is 0 Å². The van der Waals surface area contributed by atoms with Gasteiger partial charge in [0.25, 0.3) is 5.91 Å². The van der Waals surface area contributed by atoms with E-state index >= 15 is 0 Å². The molecule has 0 bridgehead atoms. The van der Waals surface area contributed by atoms with E-state index in [4.69, 9.17) is 20.6 Å². The number of halogens is 3. The van der Waals surface area contributed by atoms with Gasteiger partial charge in [-0.25, -0.2) is 4.79 Å². The Morgan fingerprint density at radius 2 is 1.71 bits per heavy atom. The van der Waals surface area contributed by atoms with Gasteiger partial charge in [0.15, 0.2) is 11.5 Å². The maximum Gasteiger partial charge on any atom is 0.491 e. The van der Waals surface area contributed by atoms with Crippen LogP contribution >= 0.6 is 0 Å². The minimum Gasteiger partial charge on any atom is -0.490 e. The Labute approximate surface area is 240 Å². The Morgan fingerprint density at radius 3 is 2.33 bits per heavy atom. The van der Waals surface area contributed by atoms with Crippen LogP contribution in [0.1, 0.15) is 43.5 Å². The number of ether oxygens (including phenoxy) is 3. The summed E-state index contributed by atoms with van der Waals surface area (Å²) >= 11 is 0. The van der Waals surface area contributed by atoms with E-state index in [1.165, 1.54) is 12.1 Å². The van der Waals surface area contributed by atoms with Crippen molar-refractivity contribution in [2.75, 3.05) is 17.3 Å². The second kappa shape index (κ2) is 13.6. The Kier molecular flexibility index (Phi) is 10.2. The number of nitrogen functional groups attached to an aromatic ring is 1. The summed E-state index contributed by atoms with van der Waals surface area (Å²) in [6.07, 6.45) is -5.43. The molecule has 0 aliphatic carbocycles. The van der Waals surface area contributed by atoms with Crippen molar-refractivity contribution in [3.05, 3.63) is 77.4 Å². The average molecular weight is 588 g/mol. The third kappa shape index (κ3) is 8.29. The van der Waals surface area contributed by atoms with E-state index in [0.717, 1.165) is 11.6 Å². The molecule has 3 aromatic carbocycles. The molecule has 10 nitrogen and oxygen atoms in total. The zero-order chi connectivity index (χ0) is 31.0. The molecule has 0 aliphatic heterocycles. The Hall–Kier alpha value is -4.94. The molecule has 224 valence electrons. The van der Waals surface area contributed by atoms with E-state index in [9.17, 15) is 22.8 Å². The smallest absolute Gasteiger partial charge is 0.490 e. The van der Waals surface area contributed by atoms with Gasteiger partial charge in [-0.1, -0.05) is 24.3 Å². The van der Waals surface area contributed by atoms with Crippen molar-refractivity contribution in [2.24, 2.45) is 5.73 Å². The number of esters is 1. The van der Waals surface area contributed by atoms with Crippen molar-refractivity contribution in [2.45, 2.75) is 46.0 Å². The second-order valence-corrected chi connectivity index (χ2v) is 9.32. The molecule has 0 radical (unpaired) electrons. The summed E-state index contributed by atoms with van der Waals surface area (Å²) in [5, 5.41) is 10.6. The quantitative estimate of drug-likeness (QED) is 0.0636. The SMILES string of the molecule is CCOc1cc(C(Nc2ccc(C(=N)N)c(OC(=O)C(F)(F)F)c2)C(=O)NNc2ccccc2C)ccc1OC(C)C. The summed E-state index contributed by atoms with van der Waals surface area (Å²) in [5.41, 5.74) is 12.8. The van der Waals surface area contributed by atoms with Gasteiger partial charge in [-0.15, -0.1) is 0 Å². The number of anilines is 2. The summed E-state index contributed by atoms with van der Waals surface area (Å²) in [6, 6.07) is 14.7. The number of nitrogens with two attached hydrogens (primary N) is 1. The normalized spacial score (nSPS) is 11.8. The van der Waals surface area contributed by atoms with Gasteiger partial charge in [0.2, 0.25) is 0 Å². The van der Waals surface area contributed by atoms with Gasteiger partial charge in [0.05, 0.1) is 24.0 Å². The lowest BCUT2D eigenvalue weighted by Crippen LogP contribution is -2.37. The molecule has 0 spiro atoms. The minimum absolute atomic E-state index is 0.0986. The largest absolute Gasteiger partial charge is 0.491 e. The molecule has 3 rings (SSSR count). The second-order valence-electron chi connectivity index (χ2n) is 9.32. The standard InChI is InChI=1S/C29H32F3N5O5/c1-5-40-24-14-18(10-13-22(24)41-16(2)3)25(27(38)37-36-21-9-7-6-8-17(21)4)35-19-11-12-20(26(33)34)23(15-19)42-28(39)29(30,31)32/h6-16,25,35-36H,5H2,1-4H3,(H3,33,34)(H,37,38). The first kappa shape index (κ1) is 31.6. The first-order valence-corrected chi connectivity index (χ1v) is 12.9. The predicted octanol–water partition coefficient (Wildman–Crippen LogP) is 5.23. The highest BCUT2D eigenvalue weighted by atomic mass is 19.4. The summed E-state index contributed by atoms with van der Waals surface area (Å²) in [4.78, 5) is 25.1. The highest BCUT2D eigenvalue weighted by Crippen LogP contribution is 2.34. The number of benzene rings is 3. The lowest BCUT2D eigenvalue weighted by molar-refractivity contribution is -0.189. The highest BCUT2D eigenvalue weighted by Gasteiger charge is 2.42. The van der Waals surface area contributed by atoms with Gasteiger partial charge in [-0.05, 0) is 69.2 Å². The van der Waals surface area contributed by atoms with Crippen LogP contribution in [-0.2, 0) is 9.59 Å². The summed E-state index contributed by atoms with van der Waals surface area (Å²) in [7, 11) is 0. The van der Waals surface area contributed by atoms with Crippen molar-refractivity contribution in [3.63, 3.8) is 0 Å². The fraction of sp³-hybridized carbons (Fsp3) is 0.276. The van der Waals surface area contributed by atoms with Crippen molar-refractivity contribution >= 4 is 29.1 Å². The summed E-state index contributed by atoms with van der Waals surface area (Å²) < 4.78 is 54.8. The number of para-hydroxylation sites is 1. The molecule has 0 fully saturated rings. The monoisotopic (exact) mass is 587 g/mol. The van der Waals surface area contributed by atoms with Crippen LogP contribution in [0.5, 0.6) is 17.2 Å². The Bertz CT molecular complexity index is 1450. The van der Waals surface area contributed by atoms with Gasteiger partial charge >= 0.3 is 12.1 Å². The van der Waals surface area contributed by atoms with E-state index in [-0.39, 0.29) is 17.4 Å². The molecular formula is C29H32F3N5O5. The van der Waals surface area contributed by atoms with Gasteiger partial charge in [0.1, 0.15) is 17.6 Å². The number of hydrogen-bond donors (Lipinski definition) is 5. The maximum absolute atomic E-state index is 13.5. The van der Waals surface area contributed by atoms with Gasteiger partial charge in [0, 0.05) is 11.8 Å². The predicted molar refractivity (Wildman–Crippen MR) is 152 cm³/mol. The Morgan fingerprint density at radius 1 is 1.00 bits per heavy atom. The number of alkyl halides is 3. The van der Waals surface area contributed by atoms with Crippen LogP contribution in [0.2, 0.25) is 0 Å². The molecule has 0 saturated carbocycles. The summed E-state index contributed by atoms with van der Waals surface area (Å²) in [5.74, 6) is -3.45. The molecule has 1 atom stereocenters. The van der Waals surface area contributed by atoms with Gasteiger partial charge in [-0.2, -0.15) is 13.2 Å². The molecule has 0 aromatic heterocycles. The molecule has 42 heavy (non-hydrogen) atoms. The molecule has 6 N–H and O–H groups in total. The van der Waals surface area contributed by atoms with E-state index in [1.807, 2.05) is 32.9 Å². The molecule has 0 heterocycles. The molecular weight excluding hydrogens is 555 g/mol. The Balaban J connectivity index is 2.02. The van der Waals surface area contributed by atoms with E-state index < -0.39 is 35.7 Å². The van der Waals surface area contributed by atoms with Crippen molar-refractivity contribution < 1.29 is 37.0 Å². The minimum atomic E-state index is -5.28. The number of amides is 1. The number of rotatable bonds is 12. The zero-order valence-corrected chi connectivity index (χ0v) is 23.4. The summed E-state index contributed by atoms with van der Waals surface area (Å²) in [6.45, 7) is 7.67. The highest BCUT2D eigenvalue weighted by molar-refractivity contribution is 5.99. The number of carbonyl (C=O) groups is 2. The first-order valence-electron chi connectivity index (χ1n) is 12.9. The third-order valence-corrected chi connectivity index (χ3v) is 5.71. The molecule has 1 amide bonds. The van der Waals surface area contributed by atoms with Crippen LogP contribution in [0, 0.1) is 12.3 Å². The van der Waals surface area contributed by atoms with Gasteiger partial charge in [-0.3, -0.25) is 21.1 Å². The number of hydrogen-bond acceptors (Lipinski definition) is 8. The van der Waals surface area contributed by atoms with Crippen LogP contribution in [0.25, 0.3) is 0 Å². The number of carbonyl (C=O) groups excluding carboxylic acids is 2. The molecule has 1 unspecified atom stereocenters. The fourth-order valence-corrected chi connectivity index (χ4v) is 3.78. The topological polar surface area (TPSA) is 148 Å². The van der Waals surface area contributed by atoms with Crippen LogP contribution in [-0.4, -0.2) is 36.6 Å². The third-order valence-electron chi connectivity index (χ3n) is 5.71. The maximum atomic E-state index is 13.5. The lowest BCUT2D eigenvalue weighted by Gasteiger charge is -2.23. The van der Waals surface area contributed by atoms with Crippen molar-refractivity contribution in [1.82, 2.24) is 5.43 Å². The number of aryl methyl sites for hydroxylation is 1. The van der Waals surface area contributed by atoms with Crippen molar-refractivity contribution in [3.8, 4) is 17.2 Å². The van der Waals surface area contributed by atoms with Crippen molar-refractivity contribution in [1.29, 1.82) is 5.41 Å². The molecule has 3 aromatic rings. The zero-order valence-electron chi connectivity index (χ0n) is 23.4. The van der Waals surface area contributed by atoms with E-state index in [1.54, 1.807) is 37.3 Å². The lowest BCUT2D eigenvalue weighted by atomic mass is 10.0.